The number of rotatable bonds is 6. The first kappa shape index (κ1) is 17.0. The van der Waals surface area contributed by atoms with Crippen LogP contribution in [0.5, 0.6) is 5.75 Å². The summed E-state index contributed by atoms with van der Waals surface area (Å²) in [5.74, 6) is 0.448. The third-order valence-corrected chi connectivity index (χ3v) is 4.05. The first-order valence-electron chi connectivity index (χ1n) is 7.97. The van der Waals surface area contributed by atoms with Gasteiger partial charge >= 0.3 is 0 Å². The molecule has 0 atom stereocenters. The smallest absolute Gasteiger partial charge is 0.189 e. The monoisotopic (exact) mass is 348 g/mol. The molecule has 0 fully saturated rings. The van der Waals surface area contributed by atoms with Crippen molar-refractivity contribution in [3.05, 3.63) is 107 Å². The highest BCUT2D eigenvalue weighted by atomic mass is 35.5. The quantitative estimate of drug-likeness (QED) is 0.414. The van der Waals surface area contributed by atoms with Crippen LogP contribution in [0.15, 0.2) is 84.9 Å². The molecule has 0 aliphatic heterocycles. The predicted octanol–water partition coefficient (Wildman–Crippen LogP) is 5.82. The van der Waals surface area contributed by atoms with Crippen molar-refractivity contribution in [2.24, 2.45) is 0 Å². The molecule has 0 bridgehead atoms. The Hall–Kier alpha value is -2.84. The fraction of sp³-hybridized carbons (Fsp3) is 0.0455. The lowest BCUT2D eigenvalue weighted by Crippen LogP contribution is -2.02. The summed E-state index contributed by atoms with van der Waals surface area (Å²) < 4.78 is 5.84. The summed E-state index contributed by atoms with van der Waals surface area (Å²) in [5, 5.41) is 0.611. The van der Waals surface area contributed by atoms with Crippen LogP contribution in [-0.4, -0.2) is 5.78 Å². The van der Waals surface area contributed by atoms with Gasteiger partial charge in [-0.1, -0.05) is 72.3 Å². The Morgan fingerprint density at radius 3 is 2.36 bits per heavy atom. The number of benzene rings is 3. The van der Waals surface area contributed by atoms with E-state index in [4.69, 9.17) is 16.3 Å². The molecule has 2 nitrogen and oxygen atoms in total. The van der Waals surface area contributed by atoms with E-state index in [1.165, 1.54) is 6.08 Å². The normalized spacial score (nSPS) is 10.8. The second-order valence-corrected chi connectivity index (χ2v) is 5.90. The number of carbonyl (C=O) groups excluding carboxylic acids is 1. The van der Waals surface area contributed by atoms with Crippen molar-refractivity contribution in [1.82, 2.24) is 0 Å². The van der Waals surface area contributed by atoms with E-state index in [9.17, 15) is 4.79 Å². The molecule has 0 amide bonds. The number of carbonyl (C=O) groups is 1. The molecular formula is C22H17ClO2. The van der Waals surface area contributed by atoms with E-state index in [0.717, 1.165) is 11.1 Å². The Bertz CT molecular complexity index is 885. The van der Waals surface area contributed by atoms with E-state index >= 15 is 0 Å². The van der Waals surface area contributed by atoms with Gasteiger partial charge in [0.25, 0.3) is 0 Å². The van der Waals surface area contributed by atoms with Gasteiger partial charge in [0.1, 0.15) is 12.4 Å². The third kappa shape index (κ3) is 4.59. The third-order valence-electron chi connectivity index (χ3n) is 3.71. The van der Waals surface area contributed by atoms with Crippen molar-refractivity contribution >= 4 is 23.5 Å². The summed E-state index contributed by atoms with van der Waals surface area (Å²) in [7, 11) is 0. The molecule has 0 radical (unpaired) electrons. The Balaban J connectivity index is 1.76. The van der Waals surface area contributed by atoms with E-state index in [1.807, 2.05) is 60.7 Å². The van der Waals surface area contributed by atoms with Crippen molar-refractivity contribution in [2.75, 3.05) is 0 Å². The standard InChI is InChI=1S/C22H17ClO2/c23-20-12-6-4-10-18(20)14-15-21(24)19-11-5-7-13-22(19)25-16-17-8-2-1-3-9-17/h1-15H,16H2. The van der Waals surface area contributed by atoms with E-state index in [-0.39, 0.29) is 5.78 Å². The first-order valence-corrected chi connectivity index (χ1v) is 8.34. The fourth-order valence-corrected chi connectivity index (χ4v) is 2.60. The summed E-state index contributed by atoms with van der Waals surface area (Å²) in [6, 6.07) is 24.5. The highest BCUT2D eigenvalue weighted by molar-refractivity contribution is 6.32. The molecule has 0 saturated heterocycles. The zero-order valence-electron chi connectivity index (χ0n) is 13.6. The zero-order chi connectivity index (χ0) is 17.5. The van der Waals surface area contributed by atoms with Crippen LogP contribution in [0.25, 0.3) is 6.08 Å². The Kier molecular flexibility index (Phi) is 5.65. The minimum atomic E-state index is -0.122. The number of hydrogen-bond donors (Lipinski definition) is 0. The van der Waals surface area contributed by atoms with Gasteiger partial charge in [-0.05, 0) is 41.5 Å². The summed E-state index contributed by atoms with van der Waals surface area (Å²) >= 11 is 6.12. The maximum Gasteiger partial charge on any atom is 0.189 e. The highest BCUT2D eigenvalue weighted by Gasteiger charge is 2.09. The average molecular weight is 349 g/mol. The molecule has 0 saturated carbocycles. The number of ketones is 1. The SMILES string of the molecule is O=C(C=Cc1ccccc1Cl)c1ccccc1OCc1ccccc1. The van der Waals surface area contributed by atoms with Gasteiger partial charge in [0, 0.05) is 5.02 Å². The van der Waals surface area contributed by atoms with Crippen molar-refractivity contribution < 1.29 is 9.53 Å². The van der Waals surface area contributed by atoms with E-state index in [1.54, 1.807) is 24.3 Å². The van der Waals surface area contributed by atoms with Gasteiger partial charge < -0.3 is 4.74 Å². The van der Waals surface area contributed by atoms with Crippen LogP contribution in [0.4, 0.5) is 0 Å². The van der Waals surface area contributed by atoms with Gasteiger partial charge in [0.15, 0.2) is 5.78 Å². The second-order valence-electron chi connectivity index (χ2n) is 5.49. The number of para-hydroxylation sites is 1. The van der Waals surface area contributed by atoms with E-state index in [2.05, 4.69) is 0 Å². The van der Waals surface area contributed by atoms with Gasteiger partial charge in [-0.15, -0.1) is 0 Å². The molecule has 25 heavy (non-hydrogen) atoms. The lowest BCUT2D eigenvalue weighted by molar-refractivity contribution is 0.104. The highest BCUT2D eigenvalue weighted by Crippen LogP contribution is 2.22. The molecule has 0 aliphatic rings. The maximum absolute atomic E-state index is 12.6. The molecule has 3 aromatic carbocycles. The number of ether oxygens (including phenoxy) is 1. The number of halogens is 1. The minimum absolute atomic E-state index is 0.122. The largest absolute Gasteiger partial charge is 0.488 e. The molecule has 124 valence electrons. The van der Waals surface area contributed by atoms with Crippen molar-refractivity contribution in [2.45, 2.75) is 6.61 Å². The number of allylic oxidation sites excluding steroid dienone is 1. The van der Waals surface area contributed by atoms with Crippen LogP contribution in [0.2, 0.25) is 5.02 Å². The molecule has 3 rings (SSSR count). The van der Waals surface area contributed by atoms with Crippen LogP contribution >= 0.6 is 11.6 Å². The lowest BCUT2D eigenvalue weighted by atomic mass is 10.1. The van der Waals surface area contributed by atoms with Crippen molar-refractivity contribution in [3.8, 4) is 5.75 Å². The molecule has 0 N–H and O–H groups in total. The topological polar surface area (TPSA) is 26.3 Å². The van der Waals surface area contributed by atoms with Gasteiger partial charge in [0.05, 0.1) is 5.56 Å². The molecule has 0 spiro atoms. The first-order chi connectivity index (χ1) is 12.2. The molecule has 3 heteroatoms. The van der Waals surface area contributed by atoms with E-state index < -0.39 is 0 Å². The second kappa shape index (κ2) is 8.32. The number of hydrogen-bond acceptors (Lipinski definition) is 2. The molecular weight excluding hydrogens is 332 g/mol. The Morgan fingerprint density at radius 2 is 1.56 bits per heavy atom. The molecule has 0 unspecified atom stereocenters. The summed E-state index contributed by atoms with van der Waals surface area (Å²) in [6.45, 7) is 0.416. The lowest BCUT2D eigenvalue weighted by Gasteiger charge is -2.09. The molecule has 0 heterocycles. The van der Waals surface area contributed by atoms with E-state index in [0.29, 0.717) is 22.9 Å². The van der Waals surface area contributed by atoms with Crippen molar-refractivity contribution in [3.63, 3.8) is 0 Å². The minimum Gasteiger partial charge on any atom is -0.488 e. The van der Waals surface area contributed by atoms with Gasteiger partial charge in [-0.25, -0.2) is 0 Å². The maximum atomic E-state index is 12.6. The fourth-order valence-electron chi connectivity index (χ4n) is 2.40. The van der Waals surface area contributed by atoms with Gasteiger partial charge in [-0.2, -0.15) is 0 Å². The molecule has 3 aromatic rings. The van der Waals surface area contributed by atoms with Crippen LogP contribution in [0.1, 0.15) is 21.5 Å². The van der Waals surface area contributed by atoms with Crippen molar-refractivity contribution in [1.29, 1.82) is 0 Å². The average Bonchev–Trinajstić information content (AvgIpc) is 2.66. The zero-order valence-corrected chi connectivity index (χ0v) is 14.3. The van der Waals surface area contributed by atoms with Gasteiger partial charge in [0.2, 0.25) is 0 Å². The van der Waals surface area contributed by atoms with Gasteiger partial charge in [-0.3, -0.25) is 4.79 Å². The summed E-state index contributed by atoms with van der Waals surface area (Å²) in [5.41, 5.74) is 2.39. The van der Waals surface area contributed by atoms with Crippen LogP contribution in [0, 0.1) is 0 Å². The Labute approximate surface area is 152 Å². The Morgan fingerprint density at radius 1 is 0.880 bits per heavy atom. The summed E-state index contributed by atoms with van der Waals surface area (Å²) in [6.07, 6.45) is 3.24. The molecule has 0 aliphatic carbocycles. The van der Waals surface area contributed by atoms with Crippen LogP contribution in [0.3, 0.4) is 0 Å². The van der Waals surface area contributed by atoms with Crippen LogP contribution in [-0.2, 0) is 6.61 Å². The molecule has 0 aromatic heterocycles. The predicted molar refractivity (Wildman–Crippen MR) is 102 cm³/mol. The summed E-state index contributed by atoms with van der Waals surface area (Å²) in [4.78, 5) is 12.6. The van der Waals surface area contributed by atoms with Crippen LogP contribution < -0.4 is 4.74 Å².